The van der Waals surface area contributed by atoms with Crippen LogP contribution in [-0.4, -0.2) is 203 Å². The predicted octanol–water partition coefficient (Wildman–Crippen LogP) is -0.869. The number of hydrogen-bond acceptors (Lipinski definition) is 25. The highest BCUT2D eigenvalue weighted by Gasteiger charge is 2.53. The highest BCUT2D eigenvalue weighted by atomic mass is 16.8. The van der Waals surface area contributed by atoms with Crippen LogP contribution >= 0.6 is 0 Å². The van der Waals surface area contributed by atoms with Crippen molar-refractivity contribution in [2.75, 3.05) is 26.9 Å². The monoisotopic (exact) mass is 1080 g/mol. The second-order valence-corrected chi connectivity index (χ2v) is 18.0. The lowest BCUT2D eigenvalue weighted by atomic mass is 9.96. The summed E-state index contributed by atoms with van der Waals surface area (Å²) >= 11 is 0. The number of aromatic hydroxyl groups is 3. The third kappa shape index (κ3) is 13.0. The van der Waals surface area contributed by atoms with Gasteiger partial charge in [-0.25, -0.2) is 9.59 Å². The number of fused-ring (bicyclic) bond motifs is 1. The molecule has 25 nitrogen and oxygen atoms in total. The first-order chi connectivity index (χ1) is 36.8. The van der Waals surface area contributed by atoms with Gasteiger partial charge in [-0.2, -0.15) is 0 Å². The van der Waals surface area contributed by atoms with Crippen molar-refractivity contribution < 1.29 is 123 Å². The minimum absolute atomic E-state index is 0.0153. The van der Waals surface area contributed by atoms with Gasteiger partial charge in [-0.3, -0.25) is 0 Å². The Kier molecular flexibility index (Phi) is 17.9. The molecule has 4 aliphatic heterocycles. The van der Waals surface area contributed by atoms with Crippen LogP contribution < -0.4 is 4.74 Å². The number of phenols is 3. The third-order valence-electron chi connectivity index (χ3n) is 12.7. The molecule has 0 radical (unpaired) electrons. The van der Waals surface area contributed by atoms with E-state index in [-0.39, 0.29) is 51.4 Å². The summed E-state index contributed by atoms with van der Waals surface area (Å²) in [5.41, 5.74) is 1.18. The summed E-state index contributed by atoms with van der Waals surface area (Å²) in [6.07, 6.45) is -20.9. The van der Waals surface area contributed by atoms with Gasteiger partial charge in [0.2, 0.25) is 12.6 Å². The van der Waals surface area contributed by atoms with Crippen LogP contribution in [-0.2, 0) is 52.2 Å². The molecule has 13 N–H and O–H groups in total. The molecule has 3 fully saturated rings. The van der Waals surface area contributed by atoms with Crippen LogP contribution in [0.5, 0.6) is 23.0 Å². The van der Waals surface area contributed by atoms with E-state index in [1.54, 1.807) is 0 Å². The highest BCUT2D eigenvalue weighted by Crippen LogP contribution is 2.41. The van der Waals surface area contributed by atoms with Crippen molar-refractivity contribution in [2.24, 2.45) is 0 Å². The van der Waals surface area contributed by atoms with Crippen molar-refractivity contribution in [3.05, 3.63) is 137 Å². The number of allylic oxidation sites excluding steroid dienone is 2. The Labute approximate surface area is 437 Å². The van der Waals surface area contributed by atoms with Crippen LogP contribution in [0.3, 0.4) is 0 Å². The molecule has 414 valence electrons. The molecule has 25 heteroatoms. The molecule has 3 aromatic carbocycles. The van der Waals surface area contributed by atoms with Crippen molar-refractivity contribution in [2.45, 2.75) is 98.2 Å². The van der Waals surface area contributed by atoms with Crippen molar-refractivity contribution in [1.29, 1.82) is 0 Å². The highest BCUT2D eigenvalue weighted by molar-refractivity contribution is 5.87. The van der Waals surface area contributed by atoms with Gasteiger partial charge in [-0.15, -0.1) is 0 Å². The largest absolute Gasteiger partial charge is 0.508 e. The smallest absolute Gasteiger partial charge is 0.330 e. The molecular weight excluding hydrogens is 1020 g/mol. The Hall–Kier alpha value is -7.08. The molecular formula is C52H56O25. The predicted molar refractivity (Wildman–Crippen MR) is 258 cm³/mol. The fourth-order valence-corrected chi connectivity index (χ4v) is 8.46. The standard InChI is InChI=1S/C52H56O25/c1-68-33-16-24(4-13-30(33)57)6-15-39(59)69-21-36-41(61)44(64)47(67)51(75-36)77-49-45(65)42(62)37(22-70-38(58)14-5-23-2-9-26(54)10-3-23)76-52(49)73-34-19-29-31(71-48(34)25-7-11-27(55)12-8-25)17-28(56)18-32(29)72-50-46(66)43(63)40(60)35(20-53)74-50/h2-19,31,35-37,40-47,49-57,60-67H,20-22H2,1H3. The average molecular weight is 1080 g/mol. The zero-order valence-electron chi connectivity index (χ0n) is 40.5. The summed E-state index contributed by atoms with van der Waals surface area (Å²) in [7, 11) is 1.33. The zero-order valence-corrected chi connectivity index (χ0v) is 40.5. The lowest BCUT2D eigenvalue weighted by molar-refractivity contribution is -0.363. The van der Waals surface area contributed by atoms with E-state index >= 15 is 0 Å². The van der Waals surface area contributed by atoms with Gasteiger partial charge in [0.1, 0.15) is 109 Å². The number of carbonyl (C=O) groups is 2. The number of rotatable bonds is 17. The van der Waals surface area contributed by atoms with Gasteiger partial charge >= 0.3 is 11.9 Å². The number of methoxy groups -OCH3 is 1. The first kappa shape index (κ1) is 56.1. The number of aliphatic hydroxyl groups is 10. The maximum atomic E-state index is 12.9. The average Bonchev–Trinajstić information content (AvgIpc) is 3.45. The summed E-state index contributed by atoms with van der Waals surface area (Å²) in [5, 5.41) is 139. The summed E-state index contributed by atoms with van der Waals surface area (Å²) in [4.78, 5) is 25.7. The molecule has 0 spiro atoms. The minimum Gasteiger partial charge on any atom is -0.508 e. The zero-order chi connectivity index (χ0) is 55.2. The maximum absolute atomic E-state index is 12.9. The summed E-state index contributed by atoms with van der Waals surface area (Å²) in [6, 6.07) is 15.5. The van der Waals surface area contributed by atoms with E-state index in [0.29, 0.717) is 11.1 Å². The Morgan fingerprint density at radius 2 is 1.14 bits per heavy atom. The molecule has 4 heterocycles. The summed E-state index contributed by atoms with van der Waals surface area (Å²) in [6.45, 7) is -2.28. The molecule has 16 atom stereocenters. The van der Waals surface area contributed by atoms with E-state index in [4.69, 9.17) is 47.4 Å². The Morgan fingerprint density at radius 3 is 1.77 bits per heavy atom. The van der Waals surface area contributed by atoms with E-state index in [1.807, 2.05) is 0 Å². The normalized spacial score (nSPS) is 32.3. The number of ether oxygens (including phenoxy) is 10. The number of aliphatic hydroxyl groups excluding tert-OH is 10. The van der Waals surface area contributed by atoms with E-state index in [0.717, 1.165) is 18.2 Å². The number of esters is 2. The van der Waals surface area contributed by atoms with Gasteiger partial charge in [0, 0.05) is 35.4 Å². The first-order valence-electron chi connectivity index (χ1n) is 23.7. The van der Waals surface area contributed by atoms with Gasteiger partial charge in [0.05, 0.1) is 13.7 Å². The lowest BCUT2D eigenvalue weighted by Gasteiger charge is -2.46. The quantitative estimate of drug-likeness (QED) is 0.0577. The van der Waals surface area contributed by atoms with Crippen LogP contribution in [0, 0.1) is 0 Å². The number of benzene rings is 3. The molecule has 0 saturated carbocycles. The lowest BCUT2D eigenvalue weighted by Crippen LogP contribution is -2.64. The van der Waals surface area contributed by atoms with E-state index < -0.39 is 136 Å². The fourth-order valence-electron chi connectivity index (χ4n) is 8.46. The van der Waals surface area contributed by atoms with Crippen molar-refractivity contribution in [1.82, 2.24) is 0 Å². The molecule has 0 amide bonds. The molecule has 0 aromatic heterocycles. The van der Waals surface area contributed by atoms with Gasteiger partial charge in [0.15, 0.2) is 35.4 Å². The second-order valence-electron chi connectivity index (χ2n) is 18.0. The van der Waals surface area contributed by atoms with E-state index in [1.165, 1.54) is 98.1 Å². The molecule has 16 unspecified atom stereocenters. The van der Waals surface area contributed by atoms with Crippen LogP contribution in [0.2, 0.25) is 0 Å². The fraction of sp³-hybridized carbons (Fsp3) is 0.385. The third-order valence-corrected chi connectivity index (χ3v) is 12.7. The van der Waals surface area contributed by atoms with Crippen LogP contribution in [0.1, 0.15) is 16.7 Å². The van der Waals surface area contributed by atoms with E-state index in [9.17, 15) is 76.0 Å². The Balaban J connectivity index is 1.09. The van der Waals surface area contributed by atoms with Gasteiger partial charge in [-0.1, -0.05) is 18.2 Å². The minimum atomic E-state index is -2.10. The van der Waals surface area contributed by atoms with Crippen molar-refractivity contribution >= 4 is 29.8 Å². The summed E-state index contributed by atoms with van der Waals surface area (Å²) in [5.74, 6) is -3.22. The topological polar surface area (TPSA) is 389 Å². The number of carbonyl (C=O) groups excluding carboxylic acids is 2. The number of hydrogen-bond donors (Lipinski definition) is 13. The molecule has 3 aromatic rings. The van der Waals surface area contributed by atoms with Crippen molar-refractivity contribution in [3.63, 3.8) is 0 Å². The number of phenolic OH excluding ortho intramolecular Hbond substituents is 3. The Morgan fingerprint density at radius 1 is 0.597 bits per heavy atom. The van der Waals surface area contributed by atoms with Gasteiger partial charge in [0.25, 0.3) is 0 Å². The van der Waals surface area contributed by atoms with Crippen LogP contribution in [0.15, 0.2) is 120 Å². The van der Waals surface area contributed by atoms with E-state index in [2.05, 4.69) is 0 Å². The first-order valence-corrected chi connectivity index (χ1v) is 23.7. The molecule has 77 heavy (non-hydrogen) atoms. The molecule has 8 rings (SSSR count). The molecule has 0 bridgehead atoms. The van der Waals surface area contributed by atoms with Gasteiger partial charge in [-0.05, 0) is 77.9 Å². The van der Waals surface area contributed by atoms with Gasteiger partial charge < -0.3 is 114 Å². The second kappa shape index (κ2) is 24.5. The Bertz CT molecular complexity index is 2750. The molecule has 5 aliphatic rings. The molecule has 1 aliphatic carbocycles. The maximum Gasteiger partial charge on any atom is 0.330 e. The van der Waals surface area contributed by atoms with Crippen LogP contribution in [0.25, 0.3) is 17.9 Å². The SMILES string of the molecule is COc1cc(C=CC(=O)OCC2OC(OC3C(OC4=C(c5ccc(O)cc5)OC5C=C(O)C=C(OC6OC(CO)C(O)C(O)C6O)C5=C4)OC(COC(=O)C=Cc4ccc(O)cc4)C(O)C3O)C(O)C(O)C2O)ccc1O. The van der Waals surface area contributed by atoms with Crippen LogP contribution in [0.4, 0.5) is 0 Å². The summed E-state index contributed by atoms with van der Waals surface area (Å²) < 4.78 is 58.1. The van der Waals surface area contributed by atoms with Crippen molar-refractivity contribution in [3.8, 4) is 23.0 Å². The molecule has 3 saturated heterocycles.